The molecule has 0 spiro atoms. The average Bonchev–Trinajstić information content (AvgIpc) is 2.79. The van der Waals surface area contributed by atoms with Gasteiger partial charge in [-0.2, -0.15) is 0 Å². The Morgan fingerprint density at radius 2 is 1.91 bits per heavy atom. The van der Waals surface area contributed by atoms with E-state index in [-0.39, 0.29) is 17.9 Å². The van der Waals surface area contributed by atoms with Crippen molar-refractivity contribution < 1.29 is 14.6 Å². The minimum Gasteiger partial charge on any atom is -0.512 e. The first-order valence-corrected chi connectivity index (χ1v) is 12.7. The van der Waals surface area contributed by atoms with Gasteiger partial charge in [0.25, 0.3) is 0 Å². The molecule has 3 nitrogen and oxygen atoms in total. The van der Waals surface area contributed by atoms with E-state index in [0.717, 1.165) is 44.3 Å². The van der Waals surface area contributed by atoms with Crippen LogP contribution in [0.15, 0.2) is 65.1 Å². The molecule has 0 radical (unpaired) electrons. The van der Waals surface area contributed by atoms with Crippen molar-refractivity contribution in [2.75, 3.05) is 0 Å². The first-order valence-electron chi connectivity index (χ1n) is 12.7. The highest BCUT2D eigenvalue weighted by Crippen LogP contribution is 2.55. The van der Waals surface area contributed by atoms with Crippen molar-refractivity contribution in [1.29, 1.82) is 0 Å². The van der Waals surface area contributed by atoms with Gasteiger partial charge in [-0.05, 0) is 86.8 Å². The molecule has 0 bridgehead atoms. The lowest BCUT2D eigenvalue weighted by atomic mass is 9.55. The van der Waals surface area contributed by atoms with Gasteiger partial charge in [0.1, 0.15) is 17.3 Å². The van der Waals surface area contributed by atoms with E-state index in [1.54, 1.807) is 5.57 Å². The highest BCUT2D eigenvalue weighted by atomic mass is 16.5. The molecule has 0 heterocycles. The number of ether oxygens (including phenoxy) is 1. The minimum atomic E-state index is -0.00524. The Bertz CT molecular complexity index is 938. The number of benzene rings is 1. The van der Waals surface area contributed by atoms with Crippen LogP contribution in [0.3, 0.4) is 0 Å². The molecule has 0 aromatic heterocycles. The second-order valence-electron chi connectivity index (χ2n) is 10.3. The van der Waals surface area contributed by atoms with Crippen LogP contribution in [-0.2, 0) is 16.0 Å². The number of Topliss-reactive ketones (excluding diaryl/α,β-unsaturated/α-hetero) is 1. The van der Waals surface area contributed by atoms with Gasteiger partial charge in [0.15, 0.2) is 0 Å². The van der Waals surface area contributed by atoms with Crippen molar-refractivity contribution in [1.82, 2.24) is 0 Å². The number of aryl methyl sites for hydroxylation is 1. The van der Waals surface area contributed by atoms with E-state index in [9.17, 15) is 9.90 Å². The Morgan fingerprint density at radius 1 is 1.06 bits per heavy atom. The molecule has 1 aromatic carbocycles. The zero-order chi connectivity index (χ0) is 22.1. The van der Waals surface area contributed by atoms with Crippen molar-refractivity contribution in [3.05, 3.63) is 70.7 Å². The van der Waals surface area contributed by atoms with Crippen molar-refractivity contribution >= 4 is 5.78 Å². The SMILES string of the molecule is CC(CCCc1ccccc1)OC1=CC2=C3CCCCC3C3CCC(=O)CC3C2C(O)=C1. The lowest BCUT2D eigenvalue weighted by molar-refractivity contribution is -0.124. The number of allylic oxidation sites excluding steroid dienone is 4. The molecule has 5 atom stereocenters. The van der Waals surface area contributed by atoms with E-state index in [1.807, 2.05) is 6.08 Å². The number of hydrogen-bond donors (Lipinski definition) is 1. The maximum Gasteiger partial charge on any atom is 0.133 e. The Balaban J connectivity index is 1.32. The molecule has 4 aliphatic carbocycles. The molecule has 2 fully saturated rings. The Morgan fingerprint density at radius 3 is 2.75 bits per heavy atom. The quantitative estimate of drug-likeness (QED) is 0.534. The van der Waals surface area contributed by atoms with E-state index in [4.69, 9.17) is 4.74 Å². The van der Waals surface area contributed by atoms with Crippen LogP contribution in [0.4, 0.5) is 0 Å². The minimum absolute atomic E-state index is 0.00524. The first-order chi connectivity index (χ1) is 15.6. The Hall–Kier alpha value is -2.29. The molecule has 5 unspecified atom stereocenters. The van der Waals surface area contributed by atoms with Crippen molar-refractivity contribution in [3.8, 4) is 0 Å². The molecular weight excluding hydrogens is 396 g/mol. The lowest BCUT2D eigenvalue weighted by Gasteiger charge is -2.49. The van der Waals surface area contributed by atoms with Crippen LogP contribution in [0, 0.1) is 23.7 Å². The number of fused-ring (bicyclic) bond motifs is 5. The van der Waals surface area contributed by atoms with Crippen LogP contribution in [0.5, 0.6) is 0 Å². The van der Waals surface area contributed by atoms with Gasteiger partial charge < -0.3 is 9.84 Å². The third-order valence-electron chi connectivity index (χ3n) is 8.24. The third kappa shape index (κ3) is 4.31. The summed E-state index contributed by atoms with van der Waals surface area (Å²) in [7, 11) is 0. The fourth-order valence-corrected chi connectivity index (χ4v) is 6.81. The molecule has 0 aliphatic heterocycles. The van der Waals surface area contributed by atoms with Crippen LogP contribution in [0.1, 0.15) is 70.3 Å². The molecule has 1 N–H and O–H groups in total. The van der Waals surface area contributed by atoms with E-state index in [1.165, 1.54) is 30.4 Å². The molecule has 4 aliphatic rings. The fourth-order valence-electron chi connectivity index (χ4n) is 6.81. The fraction of sp³-hybridized carbons (Fsp3) is 0.552. The third-order valence-corrected chi connectivity index (χ3v) is 8.24. The highest BCUT2D eigenvalue weighted by Gasteiger charge is 2.48. The second kappa shape index (κ2) is 9.29. The van der Waals surface area contributed by atoms with Gasteiger partial charge in [-0.1, -0.05) is 42.3 Å². The van der Waals surface area contributed by atoms with Gasteiger partial charge in [0.2, 0.25) is 0 Å². The number of hydrogen-bond acceptors (Lipinski definition) is 3. The van der Waals surface area contributed by atoms with E-state index in [2.05, 4.69) is 43.3 Å². The van der Waals surface area contributed by atoms with E-state index >= 15 is 0 Å². The van der Waals surface area contributed by atoms with Crippen LogP contribution in [-0.4, -0.2) is 17.0 Å². The van der Waals surface area contributed by atoms with Crippen LogP contribution >= 0.6 is 0 Å². The number of aliphatic hydroxyl groups excluding tert-OH is 1. The lowest BCUT2D eigenvalue weighted by Crippen LogP contribution is -2.43. The number of aliphatic hydroxyl groups is 1. The Kier molecular flexibility index (Phi) is 6.26. The normalized spacial score (nSPS) is 30.5. The zero-order valence-electron chi connectivity index (χ0n) is 19.3. The number of rotatable bonds is 6. The van der Waals surface area contributed by atoms with E-state index < -0.39 is 0 Å². The van der Waals surface area contributed by atoms with Gasteiger partial charge in [0, 0.05) is 24.8 Å². The zero-order valence-corrected chi connectivity index (χ0v) is 19.3. The highest BCUT2D eigenvalue weighted by molar-refractivity contribution is 5.80. The van der Waals surface area contributed by atoms with E-state index in [0.29, 0.717) is 29.8 Å². The summed E-state index contributed by atoms with van der Waals surface area (Å²) in [6.45, 7) is 2.13. The summed E-state index contributed by atoms with van der Waals surface area (Å²) in [5.74, 6) is 2.98. The summed E-state index contributed by atoms with van der Waals surface area (Å²) in [6, 6.07) is 10.6. The summed E-state index contributed by atoms with van der Waals surface area (Å²) in [6.07, 6.45) is 14.5. The predicted molar refractivity (Wildman–Crippen MR) is 127 cm³/mol. The Labute approximate surface area is 192 Å². The summed E-state index contributed by atoms with van der Waals surface area (Å²) in [5.41, 5.74) is 4.19. The molecule has 0 saturated heterocycles. The number of ketones is 1. The molecule has 1 aromatic rings. The van der Waals surface area contributed by atoms with Crippen LogP contribution in [0.25, 0.3) is 0 Å². The molecule has 0 amide bonds. The summed E-state index contributed by atoms with van der Waals surface area (Å²) in [4.78, 5) is 12.3. The predicted octanol–water partition coefficient (Wildman–Crippen LogP) is 6.86. The largest absolute Gasteiger partial charge is 0.512 e. The second-order valence-corrected chi connectivity index (χ2v) is 10.3. The number of carbonyl (C=O) groups excluding carboxylic acids is 1. The van der Waals surface area contributed by atoms with Gasteiger partial charge >= 0.3 is 0 Å². The van der Waals surface area contributed by atoms with Crippen molar-refractivity contribution in [2.24, 2.45) is 23.7 Å². The molecule has 170 valence electrons. The van der Waals surface area contributed by atoms with Gasteiger partial charge in [-0.15, -0.1) is 0 Å². The topological polar surface area (TPSA) is 46.5 Å². The smallest absolute Gasteiger partial charge is 0.133 e. The monoisotopic (exact) mass is 432 g/mol. The summed E-state index contributed by atoms with van der Waals surface area (Å²) in [5, 5.41) is 11.1. The summed E-state index contributed by atoms with van der Waals surface area (Å²) >= 11 is 0. The molecule has 3 heteroatoms. The van der Waals surface area contributed by atoms with Crippen molar-refractivity contribution in [3.63, 3.8) is 0 Å². The molecular formula is C29H36O3. The van der Waals surface area contributed by atoms with Gasteiger partial charge in [0.05, 0.1) is 6.10 Å². The number of carbonyl (C=O) groups is 1. The van der Waals surface area contributed by atoms with Crippen LogP contribution in [0.2, 0.25) is 0 Å². The average molecular weight is 433 g/mol. The molecule has 5 rings (SSSR count). The first kappa shape index (κ1) is 21.6. The summed E-state index contributed by atoms with van der Waals surface area (Å²) < 4.78 is 6.31. The maximum absolute atomic E-state index is 12.3. The van der Waals surface area contributed by atoms with Gasteiger partial charge in [-0.25, -0.2) is 0 Å². The molecule has 2 saturated carbocycles. The standard InChI is InChI=1S/C29H36O3/c1-19(8-7-11-20-9-3-2-4-10-20)32-22-17-27-24-13-6-5-12-23(24)25-15-14-21(30)16-26(25)29(27)28(31)18-22/h2-4,9-10,17-19,23,25-26,29,31H,5-8,11-16H2,1H3. The maximum atomic E-state index is 12.3. The van der Waals surface area contributed by atoms with Crippen LogP contribution < -0.4 is 0 Å². The van der Waals surface area contributed by atoms with Gasteiger partial charge in [-0.3, -0.25) is 4.79 Å². The van der Waals surface area contributed by atoms with Crippen molar-refractivity contribution in [2.45, 2.75) is 77.2 Å². The molecule has 32 heavy (non-hydrogen) atoms.